The van der Waals surface area contributed by atoms with Crippen molar-refractivity contribution in [1.29, 1.82) is 0 Å². The first-order chi connectivity index (χ1) is 10.5. The molecule has 1 aromatic rings. The molecule has 2 atom stereocenters. The Morgan fingerprint density at radius 1 is 1.32 bits per heavy atom. The molecule has 0 spiro atoms. The number of hydrogen-bond donors (Lipinski definition) is 1. The highest BCUT2D eigenvalue weighted by Gasteiger charge is 2.29. The lowest BCUT2D eigenvalue weighted by Gasteiger charge is -2.31. The van der Waals surface area contributed by atoms with Crippen molar-refractivity contribution in [2.75, 3.05) is 18.0 Å². The molecule has 0 saturated carbocycles. The van der Waals surface area contributed by atoms with Gasteiger partial charge in [-0.05, 0) is 58.7 Å². The van der Waals surface area contributed by atoms with Crippen LogP contribution in [0.4, 0.5) is 5.69 Å². The largest absolute Gasteiger partial charge is 0.393 e. The molecule has 4 nitrogen and oxygen atoms in total. The van der Waals surface area contributed by atoms with Crippen LogP contribution in [0.1, 0.15) is 40.0 Å². The summed E-state index contributed by atoms with van der Waals surface area (Å²) in [5, 5.41) is 9.62. The van der Waals surface area contributed by atoms with Crippen molar-refractivity contribution in [2.45, 2.75) is 58.2 Å². The van der Waals surface area contributed by atoms with Crippen LogP contribution in [-0.2, 0) is 4.79 Å². The molecule has 0 aromatic heterocycles. The lowest BCUT2D eigenvalue weighted by molar-refractivity contribution is -0.120. The van der Waals surface area contributed by atoms with E-state index in [1.165, 1.54) is 0 Å². The van der Waals surface area contributed by atoms with Crippen LogP contribution in [0.15, 0.2) is 30.3 Å². The van der Waals surface area contributed by atoms with Crippen molar-refractivity contribution in [3.05, 3.63) is 30.3 Å². The summed E-state index contributed by atoms with van der Waals surface area (Å²) in [6, 6.07) is 10.3. The average Bonchev–Trinajstić information content (AvgIpc) is 2.86. The monoisotopic (exact) mass is 304 g/mol. The van der Waals surface area contributed by atoms with Gasteiger partial charge in [-0.3, -0.25) is 9.69 Å². The fourth-order valence-corrected chi connectivity index (χ4v) is 3.33. The van der Waals surface area contributed by atoms with E-state index in [1.54, 1.807) is 0 Å². The number of nitrogens with zero attached hydrogens (tertiary/aromatic N) is 2. The van der Waals surface area contributed by atoms with E-state index in [1.807, 2.05) is 56.0 Å². The van der Waals surface area contributed by atoms with E-state index in [-0.39, 0.29) is 18.1 Å². The average molecular weight is 304 g/mol. The number of likely N-dealkylation sites (tertiary alicyclic amines) is 1. The van der Waals surface area contributed by atoms with Gasteiger partial charge in [0, 0.05) is 17.8 Å². The van der Waals surface area contributed by atoms with Crippen molar-refractivity contribution < 1.29 is 9.90 Å². The summed E-state index contributed by atoms with van der Waals surface area (Å²) in [5.41, 5.74) is 0.953. The predicted molar refractivity (Wildman–Crippen MR) is 90.0 cm³/mol. The third kappa shape index (κ3) is 4.31. The van der Waals surface area contributed by atoms with Gasteiger partial charge < -0.3 is 10.0 Å². The molecule has 1 saturated heterocycles. The van der Waals surface area contributed by atoms with Crippen LogP contribution in [0.2, 0.25) is 0 Å². The molecule has 0 bridgehead atoms. The third-order valence-electron chi connectivity index (χ3n) is 4.27. The van der Waals surface area contributed by atoms with E-state index in [2.05, 4.69) is 4.90 Å². The van der Waals surface area contributed by atoms with Gasteiger partial charge in [-0.15, -0.1) is 0 Å². The molecular formula is C18H28N2O2. The van der Waals surface area contributed by atoms with Crippen LogP contribution in [0.3, 0.4) is 0 Å². The molecule has 4 heteroatoms. The summed E-state index contributed by atoms with van der Waals surface area (Å²) in [5.74, 6) is 0.138. The molecule has 2 unspecified atom stereocenters. The van der Waals surface area contributed by atoms with Gasteiger partial charge in [0.05, 0.1) is 12.6 Å². The molecule has 1 aliphatic heterocycles. The molecular weight excluding hydrogens is 276 g/mol. The minimum Gasteiger partial charge on any atom is -0.393 e. The standard InChI is InChI=1S/C18H28N2O2/c1-14(2)20(16-8-5-4-6-9-16)18(22)13-19-11-7-10-17(19)12-15(3)21/h4-6,8-9,14-15,17,21H,7,10-13H2,1-3H3. The zero-order chi connectivity index (χ0) is 16.1. The number of aliphatic hydroxyl groups is 1. The summed E-state index contributed by atoms with van der Waals surface area (Å²) < 4.78 is 0. The number of para-hydroxylation sites is 1. The second-order valence-corrected chi connectivity index (χ2v) is 6.54. The Balaban J connectivity index is 2.05. The number of hydrogen-bond acceptors (Lipinski definition) is 3. The molecule has 1 amide bonds. The van der Waals surface area contributed by atoms with Crippen molar-refractivity contribution in [2.24, 2.45) is 0 Å². The van der Waals surface area contributed by atoms with E-state index in [9.17, 15) is 9.90 Å². The van der Waals surface area contributed by atoms with Gasteiger partial charge >= 0.3 is 0 Å². The van der Waals surface area contributed by atoms with Crippen molar-refractivity contribution in [3.63, 3.8) is 0 Å². The van der Waals surface area contributed by atoms with E-state index < -0.39 is 0 Å². The normalized spacial score (nSPS) is 20.3. The van der Waals surface area contributed by atoms with Gasteiger partial charge in [-0.2, -0.15) is 0 Å². The molecule has 1 N–H and O–H groups in total. The van der Waals surface area contributed by atoms with Crippen LogP contribution in [0.5, 0.6) is 0 Å². The van der Waals surface area contributed by atoms with Gasteiger partial charge in [-0.1, -0.05) is 18.2 Å². The highest BCUT2D eigenvalue weighted by Crippen LogP contribution is 2.23. The fourth-order valence-electron chi connectivity index (χ4n) is 3.33. The number of rotatable bonds is 6. The van der Waals surface area contributed by atoms with Gasteiger partial charge in [0.1, 0.15) is 0 Å². The van der Waals surface area contributed by atoms with Crippen LogP contribution in [-0.4, -0.2) is 47.2 Å². The van der Waals surface area contributed by atoms with Crippen LogP contribution in [0, 0.1) is 0 Å². The lowest BCUT2D eigenvalue weighted by atomic mass is 10.1. The molecule has 1 fully saturated rings. The van der Waals surface area contributed by atoms with Crippen LogP contribution >= 0.6 is 0 Å². The number of benzene rings is 1. The quantitative estimate of drug-likeness (QED) is 0.879. The van der Waals surface area contributed by atoms with E-state index in [0.29, 0.717) is 12.6 Å². The summed E-state index contributed by atoms with van der Waals surface area (Å²) in [4.78, 5) is 16.9. The van der Waals surface area contributed by atoms with Crippen molar-refractivity contribution in [3.8, 4) is 0 Å². The third-order valence-corrected chi connectivity index (χ3v) is 4.27. The Hall–Kier alpha value is -1.39. The van der Waals surface area contributed by atoms with Gasteiger partial charge in [0.2, 0.25) is 5.91 Å². The maximum atomic E-state index is 12.8. The van der Waals surface area contributed by atoms with Crippen LogP contribution < -0.4 is 4.90 Å². The smallest absolute Gasteiger partial charge is 0.241 e. The van der Waals surface area contributed by atoms with Crippen molar-refractivity contribution >= 4 is 11.6 Å². The Morgan fingerprint density at radius 2 is 2.00 bits per heavy atom. The minimum absolute atomic E-state index is 0.132. The molecule has 0 radical (unpaired) electrons. The van der Waals surface area contributed by atoms with Crippen molar-refractivity contribution in [1.82, 2.24) is 4.90 Å². The Kier molecular flexibility index (Phi) is 5.98. The molecule has 22 heavy (non-hydrogen) atoms. The molecule has 1 heterocycles. The molecule has 1 aromatic carbocycles. The number of anilines is 1. The topological polar surface area (TPSA) is 43.8 Å². The predicted octanol–water partition coefficient (Wildman–Crippen LogP) is 2.66. The lowest BCUT2D eigenvalue weighted by Crippen LogP contribution is -2.45. The molecule has 1 aliphatic rings. The van der Waals surface area contributed by atoms with Gasteiger partial charge in [0.15, 0.2) is 0 Å². The van der Waals surface area contributed by atoms with Gasteiger partial charge in [0.25, 0.3) is 0 Å². The van der Waals surface area contributed by atoms with E-state index >= 15 is 0 Å². The summed E-state index contributed by atoms with van der Waals surface area (Å²) in [6.07, 6.45) is 2.62. The second kappa shape index (κ2) is 7.75. The zero-order valence-corrected chi connectivity index (χ0v) is 13.9. The van der Waals surface area contributed by atoms with E-state index in [0.717, 1.165) is 31.5 Å². The maximum Gasteiger partial charge on any atom is 0.241 e. The molecule has 122 valence electrons. The number of aliphatic hydroxyl groups excluding tert-OH is 1. The van der Waals surface area contributed by atoms with Crippen LogP contribution in [0.25, 0.3) is 0 Å². The number of amides is 1. The first-order valence-electron chi connectivity index (χ1n) is 8.28. The second-order valence-electron chi connectivity index (χ2n) is 6.54. The molecule has 0 aliphatic carbocycles. The Labute approximate surface area is 133 Å². The Morgan fingerprint density at radius 3 is 2.59 bits per heavy atom. The van der Waals surface area contributed by atoms with E-state index in [4.69, 9.17) is 0 Å². The highest BCUT2D eigenvalue weighted by atomic mass is 16.3. The summed E-state index contributed by atoms with van der Waals surface area (Å²) in [6.45, 7) is 7.29. The number of carbonyl (C=O) groups is 1. The van der Waals surface area contributed by atoms with Gasteiger partial charge in [-0.25, -0.2) is 0 Å². The maximum absolute atomic E-state index is 12.8. The highest BCUT2D eigenvalue weighted by molar-refractivity contribution is 5.95. The zero-order valence-electron chi connectivity index (χ0n) is 13.9. The number of carbonyl (C=O) groups excluding carboxylic acids is 1. The molecule has 2 rings (SSSR count). The Bertz CT molecular complexity index is 473. The first-order valence-corrected chi connectivity index (χ1v) is 8.28. The first kappa shape index (κ1) is 17.0. The fraction of sp³-hybridized carbons (Fsp3) is 0.611. The summed E-state index contributed by atoms with van der Waals surface area (Å²) >= 11 is 0. The minimum atomic E-state index is -0.309. The SMILES string of the molecule is CC(O)CC1CCCN1CC(=O)N(c1ccccc1)C(C)C. The summed E-state index contributed by atoms with van der Waals surface area (Å²) in [7, 11) is 0.